The van der Waals surface area contributed by atoms with Gasteiger partial charge in [0.15, 0.2) is 5.82 Å². The number of aromatic nitrogens is 2. The zero-order valence-corrected chi connectivity index (χ0v) is 11.2. The summed E-state index contributed by atoms with van der Waals surface area (Å²) in [7, 11) is 0. The van der Waals surface area contributed by atoms with E-state index in [0.717, 1.165) is 18.2 Å². The first kappa shape index (κ1) is 13.1. The number of imidazole rings is 1. The van der Waals surface area contributed by atoms with Crippen molar-refractivity contribution in [1.29, 1.82) is 0 Å². The Morgan fingerprint density at radius 3 is 2.20 bits per heavy atom. The average Bonchev–Trinajstić information content (AvgIpc) is 2.71. The van der Waals surface area contributed by atoms with E-state index in [1.54, 1.807) is 0 Å². The first-order valence-corrected chi connectivity index (χ1v) is 6.24. The van der Waals surface area contributed by atoms with E-state index in [1.165, 1.54) is 0 Å². The molecule has 1 heterocycles. The van der Waals surface area contributed by atoms with Crippen LogP contribution in [0.15, 0.2) is 28.7 Å². The van der Waals surface area contributed by atoms with E-state index >= 15 is 0 Å². The van der Waals surface area contributed by atoms with Crippen LogP contribution in [0.25, 0.3) is 22.4 Å². The summed E-state index contributed by atoms with van der Waals surface area (Å²) in [6.07, 6.45) is 0. The molecule has 0 aliphatic rings. The third-order valence-corrected chi connectivity index (χ3v) is 3.21. The van der Waals surface area contributed by atoms with Crippen molar-refractivity contribution in [2.75, 3.05) is 0 Å². The van der Waals surface area contributed by atoms with Crippen LogP contribution in [0.1, 0.15) is 0 Å². The molecule has 0 fully saturated rings. The molecule has 0 bridgehead atoms. The Labute approximate surface area is 118 Å². The lowest BCUT2D eigenvalue weighted by Crippen LogP contribution is -1.92. The highest BCUT2D eigenvalue weighted by Gasteiger charge is 2.18. The van der Waals surface area contributed by atoms with Crippen molar-refractivity contribution in [3.63, 3.8) is 0 Å². The molecule has 102 valence electrons. The highest BCUT2D eigenvalue weighted by molar-refractivity contribution is 9.10. The van der Waals surface area contributed by atoms with Gasteiger partial charge in [0, 0.05) is 10.5 Å². The van der Waals surface area contributed by atoms with Crippen LogP contribution in [0, 0.1) is 23.3 Å². The van der Waals surface area contributed by atoms with Gasteiger partial charge in [-0.2, -0.15) is 0 Å². The lowest BCUT2D eigenvalue weighted by atomic mass is 10.2. The van der Waals surface area contributed by atoms with E-state index in [9.17, 15) is 17.6 Å². The highest BCUT2D eigenvalue weighted by Crippen LogP contribution is 2.29. The third kappa shape index (κ3) is 2.07. The third-order valence-electron chi connectivity index (χ3n) is 2.75. The minimum Gasteiger partial charge on any atom is -0.338 e. The molecule has 1 N–H and O–H groups in total. The van der Waals surface area contributed by atoms with Gasteiger partial charge in [-0.15, -0.1) is 0 Å². The maximum absolute atomic E-state index is 13.8. The Morgan fingerprint density at radius 2 is 1.55 bits per heavy atom. The Bertz CT molecular complexity index is 806. The lowest BCUT2D eigenvalue weighted by molar-refractivity contribution is 0.586. The standard InChI is InChI=1S/C13H5BrF4N2/c14-5-1-7(16)11(8(17)2-5)13-19-10-4-6(15)3-9(18)12(10)20-13/h1-4H,(H,19,20). The number of rotatable bonds is 1. The minimum absolute atomic E-state index is 0.0271. The molecule has 0 spiro atoms. The van der Waals surface area contributed by atoms with E-state index in [4.69, 9.17) is 0 Å². The maximum Gasteiger partial charge on any atom is 0.153 e. The first-order valence-electron chi connectivity index (χ1n) is 5.45. The maximum atomic E-state index is 13.8. The van der Waals surface area contributed by atoms with Crippen LogP contribution < -0.4 is 0 Å². The molecule has 0 saturated heterocycles. The number of H-pyrrole nitrogens is 1. The molecular weight excluding hydrogens is 340 g/mol. The quantitative estimate of drug-likeness (QED) is 0.644. The predicted molar refractivity (Wildman–Crippen MR) is 69.1 cm³/mol. The molecule has 1 aromatic heterocycles. The smallest absolute Gasteiger partial charge is 0.153 e. The number of aromatic amines is 1. The van der Waals surface area contributed by atoms with Crippen LogP contribution in [0.2, 0.25) is 0 Å². The molecular formula is C13H5BrF4N2. The molecule has 3 rings (SSSR count). The van der Waals surface area contributed by atoms with Crippen LogP contribution >= 0.6 is 15.9 Å². The van der Waals surface area contributed by atoms with Crippen LogP contribution in [-0.4, -0.2) is 9.97 Å². The van der Waals surface area contributed by atoms with Gasteiger partial charge in [0.05, 0.1) is 11.1 Å². The molecule has 3 aromatic rings. The summed E-state index contributed by atoms with van der Waals surface area (Å²) >= 11 is 2.96. The normalized spacial score (nSPS) is 11.2. The molecule has 0 atom stereocenters. The second-order valence-electron chi connectivity index (χ2n) is 4.11. The minimum atomic E-state index is -0.902. The second kappa shape index (κ2) is 4.59. The van der Waals surface area contributed by atoms with E-state index in [2.05, 4.69) is 25.9 Å². The van der Waals surface area contributed by atoms with E-state index in [0.29, 0.717) is 6.07 Å². The second-order valence-corrected chi connectivity index (χ2v) is 5.03. The Kier molecular flexibility index (Phi) is 3.01. The molecule has 0 aliphatic heterocycles. The molecule has 2 aromatic carbocycles. The fourth-order valence-electron chi connectivity index (χ4n) is 1.93. The summed E-state index contributed by atoms with van der Waals surface area (Å²) < 4.78 is 54.4. The SMILES string of the molecule is Fc1cc(F)c2nc(-c3c(F)cc(Br)cc3F)[nH]c2c1. The van der Waals surface area contributed by atoms with Gasteiger partial charge in [-0.3, -0.25) is 0 Å². The van der Waals surface area contributed by atoms with Crippen molar-refractivity contribution >= 4 is 27.0 Å². The number of benzene rings is 2. The molecule has 20 heavy (non-hydrogen) atoms. The van der Waals surface area contributed by atoms with Gasteiger partial charge in [0.25, 0.3) is 0 Å². The van der Waals surface area contributed by atoms with Crippen molar-refractivity contribution in [3.05, 3.63) is 52.0 Å². The fourth-order valence-corrected chi connectivity index (χ4v) is 2.33. The Balaban J connectivity index is 2.28. The molecule has 0 saturated carbocycles. The number of hydrogen-bond donors (Lipinski definition) is 1. The summed E-state index contributed by atoms with van der Waals surface area (Å²) in [5.74, 6) is -3.64. The summed E-state index contributed by atoms with van der Waals surface area (Å²) in [6.45, 7) is 0. The molecule has 2 nitrogen and oxygen atoms in total. The fraction of sp³-hybridized carbons (Fsp3) is 0. The largest absolute Gasteiger partial charge is 0.338 e. The monoisotopic (exact) mass is 344 g/mol. The summed E-state index contributed by atoms with van der Waals surface area (Å²) in [4.78, 5) is 6.29. The highest BCUT2D eigenvalue weighted by atomic mass is 79.9. The van der Waals surface area contributed by atoms with Crippen molar-refractivity contribution < 1.29 is 17.6 Å². The lowest BCUT2D eigenvalue weighted by Gasteiger charge is -2.02. The number of nitrogens with zero attached hydrogens (tertiary/aromatic N) is 1. The number of fused-ring (bicyclic) bond motifs is 1. The van der Waals surface area contributed by atoms with Crippen molar-refractivity contribution in [3.8, 4) is 11.4 Å². The van der Waals surface area contributed by atoms with E-state index < -0.39 is 28.8 Å². The van der Waals surface area contributed by atoms with Gasteiger partial charge in [-0.25, -0.2) is 22.5 Å². The van der Waals surface area contributed by atoms with Gasteiger partial charge < -0.3 is 4.98 Å². The number of halogens is 5. The summed E-state index contributed by atoms with van der Waals surface area (Å²) in [5.41, 5.74) is -0.577. The van der Waals surface area contributed by atoms with Crippen molar-refractivity contribution in [2.45, 2.75) is 0 Å². The van der Waals surface area contributed by atoms with Gasteiger partial charge in [0.2, 0.25) is 0 Å². The number of hydrogen-bond acceptors (Lipinski definition) is 1. The van der Waals surface area contributed by atoms with Crippen LogP contribution in [-0.2, 0) is 0 Å². The first-order chi connectivity index (χ1) is 9.45. The summed E-state index contributed by atoms with van der Waals surface area (Å²) in [5, 5.41) is 0. The van der Waals surface area contributed by atoms with Gasteiger partial charge in [-0.1, -0.05) is 15.9 Å². The average molecular weight is 345 g/mol. The van der Waals surface area contributed by atoms with E-state index in [1.807, 2.05) is 0 Å². The molecule has 7 heteroatoms. The van der Waals surface area contributed by atoms with Crippen LogP contribution in [0.5, 0.6) is 0 Å². The zero-order chi connectivity index (χ0) is 14.4. The van der Waals surface area contributed by atoms with E-state index in [-0.39, 0.29) is 21.3 Å². The number of nitrogens with one attached hydrogen (secondary N) is 1. The molecule has 0 amide bonds. The van der Waals surface area contributed by atoms with Crippen LogP contribution in [0.3, 0.4) is 0 Å². The van der Waals surface area contributed by atoms with Crippen LogP contribution in [0.4, 0.5) is 17.6 Å². The van der Waals surface area contributed by atoms with Gasteiger partial charge in [0.1, 0.15) is 28.8 Å². The van der Waals surface area contributed by atoms with Gasteiger partial charge in [-0.05, 0) is 18.2 Å². The molecule has 0 unspecified atom stereocenters. The van der Waals surface area contributed by atoms with Crippen molar-refractivity contribution in [2.24, 2.45) is 0 Å². The molecule has 0 radical (unpaired) electrons. The van der Waals surface area contributed by atoms with Gasteiger partial charge >= 0.3 is 0 Å². The Hall–Kier alpha value is -1.89. The molecule has 0 aliphatic carbocycles. The predicted octanol–water partition coefficient (Wildman–Crippen LogP) is 4.55. The van der Waals surface area contributed by atoms with Crippen molar-refractivity contribution in [1.82, 2.24) is 9.97 Å². The zero-order valence-electron chi connectivity index (χ0n) is 9.65. The Morgan fingerprint density at radius 1 is 0.900 bits per heavy atom. The summed E-state index contributed by atoms with van der Waals surface area (Å²) in [6, 6.07) is 3.77. The topological polar surface area (TPSA) is 28.7 Å².